The summed E-state index contributed by atoms with van der Waals surface area (Å²) in [4.78, 5) is 12.6. The zero-order valence-corrected chi connectivity index (χ0v) is 30.3. The number of hydrogen-bond donors (Lipinski definition) is 6. The fraction of sp³-hybridized carbons (Fsp3) is 0.974. The Hall–Kier alpha value is -0.810. The highest BCUT2D eigenvalue weighted by atomic mass is 16.7. The van der Waals surface area contributed by atoms with Crippen molar-refractivity contribution in [1.82, 2.24) is 5.32 Å². The van der Waals surface area contributed by atoms with Crippen molar-refractivity contribution >= 4 is 5.91 Å². The van der Waals surface area contributed by atoms with Gasteiger partial charge in [0.2, 0.25) is 5.91 Å². The van der Waals surface area contributed by atoms with E-state index in [-0.39, 0.29) is 12.5 Å². The second kappa shape index (κ2) is 30.1. The molecule has 280 valence electrons. The van der Waals surface area contributed by atoms with Gasteiger partial charge in [-0.05, 0) is 12.8 Å². The first-order chi connectivity index (χ1) is 22.8. The van der Waals surface area contributed by atoms with Crippen LogP contribution in [0.2, 0.25) is 0 Å². The van der Waals surface area contributed by atoms with E-state index in [4.69, 9.17) is 9.47 Å². The Bertz CT molecular complexity index is 711. The van der Waals surface area contributed by atoms with Gasteiger partial charge in [0.25, 0.3) is 0 Å². The highest BCUT2D eigenvalue weighted by Crippen LogP contribution is 2.23. The predicted molar refractivity (Wildman–Crippen MR) is 189 cm³/mol. The Labute approximate surface area is 287 Å². The minimum Gasteiger partial charge on any atom is -0.394 e. The molecule has 1 heterocycles. The van der Waals surface area contributed by atoms with Crippen LogP contribution in [0, 0.1) is 0 Å². The largest absolute Gasteiger partial charge is 0.394 e. The molecule has 0 saturated carbocycles. The van der Waals surface area contributed by atoms with Crippen molar-refractivity contribution in [3.8, 4) is 0 Å². The Morgan fingerprint density at radius 2 is 1.06 bits per heavy atom. The minimum absolute atomic E-state index is 0.144. The summed E-state index contributed by atoms with van der Waals surface area (Å²) in [6, 6.07) is -0.709. The van der Waals surface area contributed by atoms with Gasteiger partial charge in [-0.3, -0.25) is 4.79 Å². The SMILES string of the molecule is CCCCCCCCCCCCCCCCCCCCCCCCCC(=O)NC(COC1OC(CO)C(O)C(O)C1O)C(O)CCC. The summed E-state index contributed by atoms with van der Waals surface area (Å²) in [5, 5.41) is 53.0. The molecule has 47 heavy (non-hydrogen) atoms. The standard InChI is InChI=1S/C38H75NO8/c1-3-5-6-7-8-9-10-11-12-13-14-15-16-17-18-19-20-21-22-23-24-25-26-28-34(42)39-31(32(41)27-4-2)30-46-38-37(45)36(44)35(43)33(29-40)47-38/h31-33,35-38,40-41,43-45H,3-30H2,1-2H3,(H,39,42). The Balaban J connectivity index is 2.01. The van der Waals surface area contributed by atoms with Crippen molar-refractivity contribution in [2.75, 3.05) is 13.2 Å². The van der Waals surface area contributed by atoms with Crippen molar-refractivity contribution in [3.63, 3.8) is 0 Å². The van der Waals surface area contributed by atoms with Crippen LogP contribution >= 0.6 is 0 Å². The first kappa shape index (κ1) is 44.2. The van der Waals surface area contributed by atoms with Gasteiger partial charge in [-0.2, -0.15) is 0 Å². The molecular weight excluding hydrogens is 598 g/mol. The third-order valence-electron chi connectivity index (χ3n) is 9.69. The number of aliphatic hydroxyl groups is 5. The molecule has 1 fully saturated rings. The normalized spacial score (nSPS) is 22.7. The number of rotatable bonds is 32. The van der Waals surface area contributed by atoms with Crippen LogP contribution in [-0.2, 0) is 14.3 Å². The van der Waals surface area contributed by atoms with Crippen molar-refractivity contribution in [2.24, 2.45) is 0 Å². The van der Waals surface area contributed by atoms with Gasteiger partial charge in [0.05, 0.1) is 25.4 Å². The molecule has 0 aliphatic carbocycles. The number of ether oxygens (including phenoxy) is 2. The summed E-state index contributed by atoms with van der Waals surface area (Å²) in [6.07, 6.45) is 24.3. The number of carbonyl (C=O) groups is 1. The Kier molecular flexibility index (Phi) is 28.3. The van der Waals surface area contributed by atoms with Gasteiger partial charge in [-0.15, -0.1) is 0 Å². The maximum Gasteiger partial charge on any atom is 0.220 e. The van der Waals surface area contributed by atoms with Crippen LogP contribution in [0.15, 0.2) is 0 Å². The first-order valence-corrected chi connectivity index (χ1v) is 19.7. The van der Waals surface area contributed by atoms with Crippen molar-refractivity contribution < 1.29 is 39.8 Å². The molecule has 7 atom stereocenters. The maximum absolute atomic E-state index is 12.6. The van der Waals surface area contributed by atoms with Crippen LogP contribution in [0.3, 0.4) is 0 Å². The highest BCUT2D eigenvalue weighted by molar-refractivity contribution is 5.76. The van der Waals surface area contributed by atoms with E-state index < -0.39 is 49.5 Å². The molecule has 0 aromatic rings. The first-order valence-electron chi connectivity index (χ1n) is 19.7. The number of amides is 1. The summed E-state index contributed by atoms with van der Waals surface area (Å²) in [5.74, 6) is -0.161. The number of carbonyl (C=O) groups excluding carboxylic acids is 1. The van der Waals surface area contributed by atoms with Gasteiger partial charge in [-0.25, -0.2) is 0 Å². The van der Waals surface area contributed by atoms with Crippen LogP contribution < -0.4 is 5.32 Å². The highest BCUT2D eigenvalue weighted by Gasteiger charge is 2.44. The van der Waals surface area contributed by atoms with Gasteiger partial charge in [0, 0.05) is 6.42 Å². The fourth-order valence-corrected chi connectivity index (χ4v) is 6.50. The molecule has 0 aromatic carbocycles. The molecule has 0 spiro atoms. The lowest BCUT2D eigenvalue weighted by atomic mass is 9.99. The number of unbranched alkanes of at least 4 members (excludes halogenated alkanes) is 22. The van der Waals surface area contributed by atoms with Gasteiger partial charge >= 0.3 is 0 Å². The molecule has 9 nitrogen and oxygen atoms in total. The summed E-state index contributed by atoms with van der Waals surface area (Å²) >= 11 is 0. The minimum atomic E-state index is -1.54. The van der Waals surface area contributed by atoms with Crippen LogP contribution in [0.1, 0.15) is 181 Å². The number of nitrogens with one attached hydrogen (secondary N) is 1. The van der Waals surface area contributed by atoms with E-state index in [1.807, 2.05) is 6.92 Å². The summed E-state index contributed by atoms with van der Waals surface area (Å²) in [7, 11) is 0. The van der Waals surface area contributed by atoms with E-state index >= 15 is 0 Å². The Morgan fingerprint density at radius 3 is 1.47 bits per heavy atom. The van der Waals surface area contributed by atoms with Gasteiger partial charge in [-0.1, -0.05) is 162 Å². The van der Waals surface area contributed by atoms with Gasteiger partial charge in [0.1, 0.15) is 24.4 Å². The summed E-state index contributed by atoms with van der Waals surface area (Å²) in [6.45, 7) is 3.52. The van der Waals surface area contributed by atoms with Crippen LogP contribution in [0.25, 0.3) is 0 Å². The van der Waals surface area contributed by atoms with E-state index in [2.05, 4.69) is 12.2 Å². The van der Waals surface area contributed by atoms with Crippen molar-refractivity contribution in [3.05, 3.63) is 0 Å². The topological polar surface area (TPSA) is 149 Å². The van der Waals surface area contributed by atoms with E-state index in [9.17, 15) is 30.3 Å². The van der Waals surface area contributed by atoms with Crippen LogP contribution in [0.4, 0.5) is 0 Å². The average Bonchev–Trinajstić information content (AvgIpc) is 3.06. The zero-order chi connectivity index (χ0) is 34.5. The van der Waals surface area contributed by atoms with Crippen LogP contribution in [0.5, 0.6) is 0 Å². The summed E-state index contributed by atoms with van der Waals surface area (Å²) < 4.78 is 11.0. The predicted octanol–water partition coefficient (Wildman–Crippen LogP) is 6.83. The molecule has 6 N–H and O–H groups in total. The molecular formula is C38H75NO8. The smallest absolute Gasteiger partial charge is 0.220 e. The third kappa shape index (κ3) is 21.8. The number of hydrogen-bond acceptors (Lipinski definition) is 8. The maximum atomic E-state index is 12.6. The molecule has 0 radical (unpaired) electrons. The van der Waals surface area contributed by atoms with Gasteiger partial charge in [0.15, 0.2) is 6.29 Å². The third-order valence-corrected chi connectivity index (χ3v) is 9.69. The molecule has 0 aromatic heterocycles. The van der Waals surface area contributed by atoms with Crippen molar-refractivity contribution in [1.29, 1.82) is 0 Å². The molecule has 0 bridgehead atoms. The molecule has 1 amide bonds. The number of aliphatic hydroxyl groups excluding tert-OH is 5. The zero-order valence-electron chi connectivity index (χ0n) is 30.3. The quantitative estimate of drug-likeness (QED) is 0.0426. The average molecular weight is 674 g/mol. The van der Waals surface area contributed by atoms with Gasteiger partial charge < -0.3 is 40.3 Å². The molecule has 1 aliphatic heterocycles. The molecule has 7 unspecified atom stereocenters. The molecule has 9 heteroatoms. The second-order valence-electron chi connectivity index (χ2n) is 14.1. The van der Waals surface area contributed by atoms with Crippen LogP contribution in [-0.4, -0.2) is 87.5 Å². The van der Waals surface area contributed by atoms with E-state index in [1.54, 1.807) is 0 Å². The van der Waals surface area contributed by atoms with E-state index in [1.165, 1.54) is 128 Å². The van der Waals surface area contributed by atoms with Crippen molar-refractivity contribution in [2.45, 2.75) is 224 Å². The van der Waals surface area contributed by atoms with E-state index in [0.717, 1.165) is 19.3 Å². The Morgan fingerprint density at radius 1 is 0.638 bits per heavy atom. The molecule has 1 aliphatic rings. The summed E-state index contributed by atoms with van der Waals surface area (Å²) in [5.41, 5.74) is 0. The molecule has 1 rings (SSSR count). The second-order valence-corrected chi connectivity index (χ2v) is 14.1. The lowest BCUT2D eigenvalue weighted by Crippen LogP contribution is -2.60. The fourth-order valence-electron chi connectivity index (χ4n) is 6.50. The van der Waals surface area contributed by atoms with E-state index in [0.29, 0.717) is 19.3 Å². The lowest BCUT2D eigenvalue weighted by Gasteiger charge is -2.40. The molecule has 1 saturated heterocycles. The lowest BCUT2D eigenvalue weighted by molar-refractivity contribution is -0.302. The monoisotopic (exact) mass is 674 g/mol.